The fourth-order valence-corrected chi connectivity index (χ4v) is 5.14. The van der Waals surface area contributed by atoms with Crippen molar-refractivity contribution in [2.45, 2.75) is 43.5 Å². The van der Waals surface area contributed by atoms with E-state index in [1.54, 1.807) is 16.4 Å². The van der Waals surface area contributed by atoms with Crippen molar-refractivity contribution < 1.29 is 8.42 Å². The summed E-state index contributed by atoms with van der Waals surface area (Å²) in [6.07, 6.45) is 1.58. The first-order valence-electron chi connectivity index (χ1n) is 8.50. The molecule has 130 valence electrons. The maximum Gasteiger partial charge on any atom is 0.243 e. The van der Waals surface area contributed by atoms with Crippen LogP contribution in [0.1, 0.15) is 42.4 Å². The minimum atomic E-state index is -3.45. The fraction of sp³-hybridized carbons (Fsp3) is 0.350. The maximum absolute atomic E-state index is 12.9. The molecular formula is C20H22N2O2S. The molecule has 0 unspecified atom stereocenters. The Morgan fingerprint density at radius 1 is 1.08 bits per heavy atom. The second kappa shape index (κ2) is 6.99. The standard InChI is InChI=1S/C20H22N2O2S/c1-15-3-9-20(10-4-15)25(23,24)22-12-11-19(13-16(22)2)18-7-5-17(14-21)6-8-18/h3-10,16,19H,11-13H2,1-2H3/t16-,19+/m1/s1. The summed E-state index contributed by atoms with van der Waals surface area (Å²) in [6.45, 7) is 4.44. The van der Waals surface area contributed by atoms with E-state index in [0.717, 1.165) is 18.4 Å². The Labute approximate surface area is 149 Å². The molecule has 1 saturated heterocycles. The van der Waals surface area contributed by atoms with Crippen molar-refractivity contribution in [3.05, 3.63) is 65.2 Å². The van der Waals surface area contributed by atoms with Crippen LogP contribution in [0.25, 0.3) is 0 Å². The van der Waals surface area contributed by atoms with Crippen LogP contribution in [-0.4, -0.2) is 25.3 Å². The van der Waals surface area contributed by atoms with Crippen LogP contribution < -0.4 is 0 Å². The minimum absolute atomic E-state index is 0.0549. The average Bonchev–Trinajstić information content (AvgIpc) is 2.62. The lowest BCUT2D eigenvalue weighted by Crippen LogP contribution is -2.44. The molecule has 0 aliphatic carbocycles. The Kier molecular flexibility index (Phi) is 4.94. The molecule has 2 aromatic rings. The van der Waals surface area contributed by atoms with Crippen LogP contribution in [0.3, 0.4) is 0 Å². The predicted octanol–water partition coefficient (Wildman–Crippen LogP) is 3.82. The van der Waals surface area contributed by atoms with Crippen molar-refractivity contribution in [1.82, 2.24) is 4.31 Å². The molecule has 0 bridgehead atoms. The third kappa shape index (κ3) is 3.60. The summed E-state index contributed by atoms with van der Waals surface area (Å²) in [5.74, 6) is 0.326. The Bertz CT molecular complexity index is 881. The quantitative estimate of drug-likeness (QED) is 0.842. The number of aryl methyl sites for hydroxylation is 1. The van der Waals surface area contributed by atoms with Gasteiger partial charge in [0.1, 0.15) is 0 Å². The van der Waals surface area contributed by atoms with E-state index in [2.05, 4.69) is 6.07 Å². The van der Waals surface area contributed by atoms with Gasteiger partial charge >= 0.3 is 0 Å². The van der Waals surface area contributed by atoms with E-state index in [4.69, 9.17) is 5.26 Å². The SMILES string of the molecule is Cc1ccc(S(=O)(=O)N2CC[C@H](c3ccc(C#N)cc3)C[C@H]2C)cc1. The van der Waals surface area contributed by atoms with Crippen molar-refractivity contribution in [2.75, 3.05) is 6.54 Å². The highest BCUT2D eigenvalue weighted by molar-refractivity contribution is 7.89. The topological polar surface area (TPSA) is 61.2 Å². The molecule has 3 rings (SSSR count). The number of nitriles is 1. The first kappa shape index (κ1) is 17.7. The van der Waals surface area contributed by atoms with Gasteiger partial charge in [0.05, 0.1) is 16.5 Å². The lowest BCUT2D eigenvalue weighted by molar-refractivity contribution is 0.246. The van der Waals surface area contributed by atoms with Crippen LogP contribution in [0.15, 0.2) is 53.4 Å². The second-order valence-corrected chi connectivity index (χ2v) is 8.62. The molecule has 0 spiro atoms. The molecule has 0 radical (unpaired) electrons. The number of piperidine rings is 1. The minimum Gasteiger partial charge on any atom is -0.207 e. The van der Waals surface area contributed by atoms with Gasteiger partial charge in [0.15, 0.2) is 0 Å². The van der Waals surface area contributed by atoms with Crippen molar-refractivity contribution in [3.63, 3.8) is 0 Å². The van der Waals surface area contributed by atoms with Gasteiger partial charge in [-0.3, -0.25) is 0 Å². The molecule has 0 amide bonds. The zero-order chi connectivity index (χ0) is 18.0. The lowest BCUT2D eigenvalue weighted by atomic mass is 9.86. The summed E-state index contributed by atoms with van der Waals surface area (Å²) in [5, 5.41) is 8.91. The van der Waals surface area contributed by atoms with Gasteiger partial charge in [-0.2, -0.15) is 9.57 Å². The van der Waals surface area contributed by atoms with Gasteiger partial charge in [-0.1, -0.05) is 29.8 Å². The molecule has 4 nitrogen and oxygen atoms in total. The molecule has 5 heteroatoms. The molecular weight excluding hydrogens is 332 g/mol. The van der Waals surface area contributed by atoms with E-state index >= 15 is 0 Å². The summed E-state index contributed by atoms with van der Waals surface area (Å²) in [7, 11) is -3.45. The number of sulfonamides is 1. The van der Waals surface area contributed by atoms with Gasteiger partial charge in [-0.15, -0.1) is 0 Å². The number of benzene rings is 2. The van der Waals surface area contributed by atoms with E-state index < -0.39 is 10.0 Å². The Hall–Kier alpha value is -2.16. The summed E-state index contributed by atoms with van der Waals surface area (Å²) in [5.41, 5.74) is 2.88. The van der Waals surface area contributed by atoms with E-state index in [9.17, 15) is 8.42 Å². The van der Waals surface area contributed by atoms with Crippen molar-refractivity contribution in [1.29, 1.82) is 5.26 Å². The highest BCUT2D eigenvalue weighted by Crippen LogP contribution is 2.34. The molecule has 0 aromatic heterocycles. The van der Waals surface area contributed by atoms with Gasteiger partial charge in [0, 0.05) is 12.6 Å². The highest BCUT2D eigenvalue weighted by Gasteiger charge is 2.34. The molecule has 25 heavy (non-hydrogen) atoms. The average molecular weight is 354 g/mol. The number of nitrogens with zero attached hydrogens (tertiary/aromatic N) is 2. The predicted molar refractivity (Wildman–Crippen MR) is 97.7 cm³/mol. The zero-order valence-corrected chi connectivity index (χ0v) is 15.3. The smallest absolute Gasteiger partial charge is 0.207 e. The molecule has 1 fully saturated rings. The van der Waals surface area contributed by atoms with Crippen molar-refractivity contribution >= 4 is 10.0 Å². The van der Waals surface area contributed by atoms with Gasteiger partial charge in [-0.05, 0) is 62.4 Å². The number of hydrogen-bond acceptors (Lipinski definition) is 3. The van der Waals surface area contributed by atoms with E-state index in [1.165, 1.54) is 5.56 Å². The largest absolute Gasteiger partial charge is 0.243 e. The van der Waals surface area contributed by atoms with Gasteiger partial charge in [0.2, 0.25) is 10.0 Å². The van der Waals surface area contributed by atoms with Crippen molar-refractivity contribution in [2.24, 2.45) is 0 Å². The molecule has 2 atom stereocenters. The summed E-state index contributed by atoms with van der Waals surface area (Å²) in [4.78, 5) is 0.363. The van der Waals surface area contributed by atoms with Crippen LogP contribution >= 0.6 is 0 Å². The first-order valence-corrected chi connectivity index (χ1v) is 9.94. The van der Waals surface area contributed by atoms with Gasteiger partial charge in [0.25, 0.3) is 0 Å². The number of hydrogen-bond donors (Lipinski definition) is 0. The summed E-state index contributed by atoms with van der Waals surface area (Å²) < 4.78 is 27.5. The van der Waals surface area contributed by atoms with E-state index in [-0.39, 0.29) is 6.04 Å². The normalized spacial score (nSPS) is 21.6. The third-order valence-corrected chi connectivity index (χ3v) is 6.98. The third-order valence-electron chi connectivity index (χ3n) is 4.95. The van der Waals surface area contributed by atoms with Crippen LogP contribution in [0, 0.1) is 18.3 Å². The highest BCUT2D eigenvalue weighted by atomic mass is 32.2. The molecule has 1 aliphatic rings. The summed E-state index contributed by atoms with van der Waals surface area (Å²) in [6, 6.07) is 16.7. The molecule has 0 saturated carbocycles. The van der Waals surface area contributed by atoms with Crippen LogP contribution in [0.2, 0.25) is 0 Å². The maximum atomic E-state index is 12.9. The molecule has 2 aromatic carbocycles. The number of rotatable bonds is 3. The first-order chi connectivity index (χ1) is 11.9. The van der Waals surface area contributed by atoms with E-state index in [0.29, 0.717) is 22.9 Å². The van der Waals surface area contributed by atoms with Gasteiger partial charge < -0.3 is 0 Å². The van der Waals surface area contributed by atoms with Crippen LogP contribution in [0.5, 0.6) is 0 Å². The van der Waals surface area contributed by atoms with Crippen LogP contribution in [0.4, 0.5) is 0 Å². The molecule has 1 aliphatic heterocycles. The zero-order valence-electron chi connectivity index (χ0n) is 14.5. The second-order valence-electron chi connectivity index (χ2n) is 6.73. The lowest BCUT2D eigenvalue weighted by Gasteiger charge is -2.37. The Balaban J connectivity index is 1.77. The van der Waals surface area contributed by atoms with Crippen LogP contribution in [-0.2, 0) is 10.0 Å². The molecule has 1 heterocycles. The van der Waals surface area contributed by atoms with Gasteiger partial charge in [-0.25, -0.2) is 8.42 Å². The van der Waals surface area contributed by atoms with E-state index in [1.807, 2.05) is 50.2 Å². The molecule has 0 N–H and O–H groups in total. The Morgan fingerprint density at radius 2 is 1.72 bits per heavy atom. The Morgan fingerprint density at radius 3 is 2.28 bits per heavy atom. The summed E-state index contributed by atoms with van der Waals surface area (Å²) >= 11 is 0. The monoisotopic (exact) mass is 354 g/mol. The fourth-order valence-electron chi connectivity index (χ4n) is 3.49. The van der Waals surface area contributed by atoms with Crippen molar-refractivity contribution in [3.8, 4) is 6.07 Å².